The van der Waals surface area contributed by atoms with Crippen LogP contribution in [0.2, 0.25) is 0 Å². The Balaban J connectivity index is 1.80. The van der Waals surface area contributed by atoms with Crippen LogP contribution in [-0.4, -0.2) is 20.0 Å². The Kier molecular flexibility index (Phi) is 5.69. The minimum atomic E-state index is 0.127. The smallest absolute Gasteiger partial charge is 0.163 e. The van der Waals surface area contributed by atoms with Crippen LogP contribution in [0.5, 0.6) is 11.5 Å². The van der Waals surface area contributed by atoms with Gasteiger partial charge in [0, 0.05) is 18.1 Å². The van der Waals surface area contributed by atoms with E-state index in [2.05, 4.69) is 0 Å². The number of ether oxygens (including phenoxy) is 2. The molecule has 0 aliphatic heterocycles. The summed E-state index contributed by atoms with van der Waals surface area (Å²) in [6.07, 6.45) is 1.04. The monoisotopic (exact) mass is 346 g/mol. The molecule has 0 unspecified atom stereocenters. The fourth-order valence-corrected chi connectivity index (χ4v) is 3.04. The van der Waals surface area contributed by atoms with E-state index in [0.29, 0.717) is 12.8 Å². The molecule has 0 spiro atoms. The highest BCUT2D eigenvalue weighted by Crippen LogP contribution is 2.28. The van der Waals surface area contributed by atoms with E-state index in [1.54, 1.807) is 14.2 Å². The maximum Gasteiger partial charge on any atom is 0.163 e. The van der Waals surface area contributed by atoms with Crippen molar-refractivity contribution in [2.75, 3.05) is 14.2 Å². The van der Waals surface area contributed by atoms with Gasteiger partial charge in [-0.15, -0.1) is 0 Å². The Morgan fingerprint density at radius 3 is 2.31 bits per heavy atom. The molecule has 0 aliphatic carbocycles. The number of carbonyl (C=O) groups is 1. The van der Waals surface area contributed by atoms with Crippen LogP contribution in [0.25, 0.3) is 11.1 Å². The highest BCUT2D eigenvalue weighted by molar-refractivity contribution is 6.02. The number of aryl methyl sites for hydroxylation is 1. The van der Waals surface area contributed by atoms with Crippen molar-refractivity contribution < 1.29 is 14.3 Å². The van der Waals surface area contributed by atoms with E-state index in [1.165, 1.54) is 0 Å². The van der Waals surface area contributed by atoms with Crippen LogP contribution < -0.4 is 9.47 Å². The van der Waals surface area contributed by atoms with Gasteiger partial charge in [0.15, 0.2) is 5.78 Å². The number of hydrogen-bond acceptors (Lipinski definition) is 3. The second-order valence-corrected chi connectivity index (χ2v) is 6.01. The summed E-state index contributed by atoms with van der Waals surface area (Å²) < 4.78 is 10.7. The minimum absolute atomic E-state index is 0.127. The predicted molar refractivity (Wildman–Crippen MR) is 104 cm³/mol. The highest BCUT2D eigenvalue weighted by atomic mass is 16.5. The van der Waals surface area contributed by atoms with Gasteiger partial charge in [0.2, 0.25) is 0 Å². The maximum absolute atomic E-state index is 12.9. The van der Waals surface area contributed by atoms with E-state index in [1.807, 2.05) is 72.8 Å². The number of Topliss-reactive ketones (excluding diaryl/α,β-unsaturated/α-hetero) is 1. The second-order valence-electron chi connectivity index (χ2n) is 6.01. The third-order valence-corrected chi connectivity index (χ3v) is 4.43. The van der Waals surface area contributed by atoms with E-state index >= 15 is 0 Å². The Bertz CT molecular complexity index is 885. The Morgan fingerprint density at radius 1 is 0.846 bits per heavy atom. The third kappa shape index (κ3) is 3.94. The number of carbonyl (C=O) groups excluding carboxylic acids is 1. The fourth-order valence-electron chi connectivity index (χ4n) is 3.04. The van der Waals surface area contributed by atoms with E-state index in [-0.39, 0.29) is 5.78 Å². The van der Waals surface area contributed by atoms with Crippen LogP contribution in [0.15, 0.2) is 72.8 Å². The Labute approximate surface area is 154 Å². The number of rotatable bonds is 7. The summed E-state index contributed by atoms with van der Waals surface area (Å²) in [5, 5.41) is 0. The van der Waals surface area contributed by atoms with Crippen LogP contribution in [-0.2, 0) is 6.42 Å². The van der Waals surface area contributed by atoms with Gasteiger partial charge in [-0.2, -0.15) is 0 Å². The third-order valence-electron chi connectivity index (χ3n) is 4.43. The van der Waals surface area contributed by atoms with Crippen molar-refractivity contribution >= 4 is 5.78 Å². The van der Waals surface area contributed by atoms with Crippen molar-refractivity contribution in [3.8, 4) is 22.6 Å². The molecule has 3 nitrogen and oxygen atoms in total. The van der Waals surface area contributed by atoms with Gasteiger partial charge < -0.3 is 9.47 Å². The van der Waals surface area contributed by atoms with E-state index in [9.17, 15) is 4.79 Å². The van der Waals surface area contributed by atoms with Gasteiger partial charge in [0.1, 0.15) is 11.5 Å². The molecule has 0 atom stereocenters. The second kappa shape index (κ2) is 8.34. The standard InChI is InChI=1S/C23H22O3/c1-25-19-14-12-18(23(16-19)26-2)13-15-22(24)21-11-7-6-10-20(21)17-8-4-3-5-9-17/h3-12,14,16H,13,15H2,1-2H3. The molecular formula is C23H22O3. The van der Waals surface area contributed by atoms with Crippen molar-refractivity contribution in [1.29, 1.82) is 0 Å². The lowest BCUT2D eigenvalue weighted by Gasteiger charge is -2.11. The van der Waals surface area contributed by atoms with Crippen molar-refractivity contribution in [3.05, 3.63) is 83.9 Å². The molecule has 0 radical (unpaired) electrons. The first-order chi connectivity index (χ1) is 12.7. The lowest BCUT2D eigenvalue weighted by molar-refractivity contribution is 0.0983. The molecular weight excluding hydrogens is 324 g/mol. The molecule has 132 valence electrons. The first-order valence-electron chi connectivity index (χ1n) is 8.61. The molecule has 0 aromatic heterocycles. The number of methoxy groups -OCH3 is 2. The van der Waals surface area contributed by atoms with Crippen molar-refractivity contribution in [3.63, 3.8) is 0 Å². The molecule has 0 saturated carbocycles. The Hall–Kier alpha value is -3.07. The average molecular weight is 346 g/mol. The first-order valence-corrected chi connectivity index (χ1v) is 8.61. The van der Waals surface area contributed by atoms with Crippen molar-refractivity contribution in [1.82, 2.24) is 0 Å². The molecule has 3 aromatic carbocycles. The zero-order valence-electron chi connectivity index (χ0n) is 15.1. The molecule has 0 fully saturated rings. The summed E-state index contributed by atoms with van der Waals surface area (Å²) in [4.78, 5) is 12.9. The predicted octanol–water partition coefficient (Wildman–Crippen LogP) is 5.19. The van der Waals surface area contributed by atoms with E-state index in [0.717, 1.165) is 33.8 Å². The number of hydrogen-bond donors (Lipinski definition) is 0. The minimum Gasteiger partial charge on any atom is -0.497 e. The molecule has 3 rings (SSSR count). The Morgan fingerprint density at radius 2 is 1.58 bits per heavy atom. The van der Waals surface area contributed by atoms with E-state index in [4.69, 9.17) is 9.47 Å². The quantitative estimate of drug-likeness (QED) is 0.553. The zero-order chi connectivity index (χ0) is 18.4. The molecule has 0 bridgehead atoms. The normalized spacial score (nSPS) is 10.4. The number of ketones is 1. The molecule has 0 saturated heterocycles. The zero-order valence-corrected chi connectivity index (χ0v) is 15.1. The molecule has 0 amide bonds. The summed E-state index contributed by atoms with van der Waals surface area (Å²) in [6, 6.07) is 23.5. The van der Waals surface area contributed by atoms with Gasteiger partial charge >= 0.3 is 0 Å². The molecule has 0 aliphatic rings. The molecule has 26 heavy (non-hydrogen) atoms. The van der Waals surface area contributed by atoms with Gasteiger partial charge in [0.05, 0.1) is 14.2 Å². The average Bonchev–Trinajstić information content (AvgIpc) is 2.72. The summed E-state index contributed by atoms with van der Waals surface area (Å²) in [5.74, 6) is 1.61. The van der Waals surface area contributed by atoms with Crippen LogP contribution in [0.3, 0.4) is 0 Å². The highest BCUT2D eigenvalue weighted by Gasteiger charge is 2.14. The van der Waals surface area contributed by atoms with Gasteiger partial charge in [-0.1, -0.05) is 60.7 Å². The molecule has 0 N–H and O–H groups in total. The van der Waals surface area contributed by atoms with Crippen molar-refractivity contribution in [2.45, 2.75) is 12.8 Å². The summed E-state index contributed by atoms with van der Waals surface area (Å²) >= 11 is 0. The van der Waals surface area contributed by atoms with E-state index < -0.39 is 0 Å². The summed E-state index contributed by atoms with van der Waals surface area (Å²) in [7, 11) is 3.25. The SMILES string of the molecule is COc1ccc(CCC(=O)c2ccccc2-c2ccccc2)c(OC)c1. The molecule has 0 heterocycles. The molecule has 3 heteroatoms. The summed E-state index contributed by atoms with van der Waals surface area (Å²) in [6.45, 7) is 0. The van der Waals surface area contributed by atoms with Gasteiger partial charge in [-0.05, 0) is 29.2 Å². The van der Waals surface area contributed by atoms with Gasteiger partial charge in [-0.25, -0.2) is 0 Å². The van der Waals surface area contributed by atoms with Crippen LogP contribution in [0.4, 0.5) is 0 Å². The van der Waals surface area contributed by atoms with Gasteiger partial charge in [-0.3, -0.25) is 4.79 Å². The lowest BCUT2D eigenvalue weighted by atomic mass is 9.94. The molecule has 3 aromatic rings. The first kappa shape index (κ1) is 17.7. The summed E-state index contributed by atoms with van der Waals surface area (Å²) in [5.41, 5.74) is 3.78. The number of benzene rings is 3. The lowest BCUT2D eigenvalue weighted by Crippen LogP contribution is -2.04. The van der Waals surface area contributed by atoms with Gasteiger partial charge in [0.25, 0.3) is 0 Å². The van der Waals surface area contributed by atoms with Crippen LogP contribution in [0.1, 0.15) is 22.3 Å². The maximum atomic E-state index is 12.9. The fraction of sp³-hybridized carbons (Fsp3) is 0.174. The van der Waals surface area contributed by atoms with Crippen LogP contribution in [0, 0.1) is 0 Å². The largest absolute Gasteiger partial charge is 0.497 e. The van der Waals surface area contributed by atoms with Crippen molar-refractivity contribution in [2.24, 2.45) is 0 Å². The topological polar surface area (TPSA) is 35.5 Å². The van der Waals surface area contributed by atoms with Crippen LogP contribution >= 0.6 is 0 Å².